The van der Waals surface area contributed by atoms with Gasteiger partial charge in [-0.2, -0.15) is 0 Å². The van der Waals surface area contributed by atoms with E-state index in [1.807, 2.05) is 6.92 Å². The minimum atomic E-state index is -3.99. The van der Waals surface area contributed by atoms with E-state index in [0.717, 1.165) is 34.4 Å². The van der Waals surface area contributed by atoms with E-state index in [4.69, 9.17) is 0 Å². The number of halogens is 1. The number of carbonyl (C=O) groups excluding carboxylic acids is 1. The van der Waals surface area contributed by atoms with Crippen LogP contribution in [0.15, 0.2) is 78.9 Å². The number of hydrogen-bond donors (Lipinski definition) is 2. The van der Waals surface area contributed by atoms with Gasteiger partial charge >= 0.3 is 0 Å². The van der Waals surface area contributed by atoms with Gasteiger partial charge < -0.3 is 10.3 Å². The van der Waals surface area contributed by atoms with Crippen LogP contribution in [0.1, 0.15) is 12.5 Å². The predicted molar refractivity (Wildman–Crippen MR) is 120 cm³/mol. The van der Waals surface area contributed by atoms with Gasteiger partial charge in [0.05, 0.1) is 16.8 Å². The van der Waals surface area contributed by atoms with Crippen LogP contribution < -0.4 is 10.9 Å². The van der Waals surface area contributed by atoms with Crippen molar-refractivity contribution < 1.29 is 13.2 Å². The van der Waals surface area contributed by atoms with Crippen molar-refractivity contribution in [2.45, 2.75) is 28.3 Å². The number of amides is 1. The van der Waals surface area contributed by atoms with Gasteiger partial charge in [0.25, 0.3) is 5.56 Å². The summed E-state index contributed by atoms with van der Waals surface area (Å²) in [6.07, 6.45) is 1.81. The number of nitrogens with one attached hydrogen (secondary N) is 2. The lowest BCUT2D eigenvalue weighted by Crippen LogP contribution is -2.20. The molecule has 1 heterocycles. The fraction of sp³-hybridized carbons (Fsp3) is 0.150. The standard InChI is InChI=1S/C20H18BrN3O4S2/c1-2-13-3-9-16(10-4-13)30(27,28)17-11-22-20(24-19(17)26)29-12-18(25)23-15-7-5-14(21)6-8-15/h3-11H,2,12H2,1H3,(H,23,25)(H,22,24,26). The van der Waals surface area contributed by atoms with Crippen molar-refractivity contribution in [2.24, 2.45) is 0 Å². The summed E-state index contributed by atoms with van der Waals surface area (Å²) in [4.78, 5) is 30.4. The zero-order chi connectivity index (χ0) is 21.7. The van der Waals surface area contributed by atoms with Crippen LogP contribution in [-0.4, -0.2) is 30.0 Å². The Morgan fingerprint density at radius 1 is 1.13 bits per heavy atom. The maximum Gasteiger partial charge on any atom is 0.270 e. The van der Waals surface area contributed by atoms with Gasteiger partial charge in [-0.05, 0) is 48.4 Å². The SMILES string of the molecule is CCc1ccc(S(=O)(=O)c2cnc(SCC(=O)Nc3ccc(Br)cc3)[nH]c2=O)cc1. The van der Waals surface area contributed by atoms with E-state index in [1.165, 1.54) is 12.1 Å². The predicted octanol–water partition coefficient (Wildman–Crippen LogP) is 3.66. The monoisotopic (exact) mass is 507 g/mol. The van der Waals surface area contributed by atoms with Crippen LogP contribution in [0, 0.1) is 0 Å². The molecule has 0 saturated heterocycles. The highest BCUT2D eigenvalue weighted by Gasteiger charge is 2.22. The van der Waals surface area contributed by atoms with E-state index < -0.39 is 20.3 Å². The number of rotatable bonds is 7. The number of benzene rings is 2. The minimum absolute atomic E-state index is 0.00355. The third-order valence-corrected chi connectivity index (χ3v) is 7.32. The number of thioether (sulfide) groups is 1. The maximum absolute atomic E-state index is 12.7. The number of aromatic amines is 1. The lowest BCUT2D eigenvalue weighted by atomic mass is 10.2. The largest absolute Gasteiger partial charge is 0.325 e. The molecule has 2 N–H and O–H groups in total. The topological polar surface area (TPSA) is 109 Å². The molecule has 7 nitrogen and oxygen atoms in total. The van der Waals surface area contributed by atoms with E-state index in [-0.39, 0.29) is 21.7 Å². The molecule has 156 valence electrons. The first-order valence-corrected chi connectivity index (χ1v) is 12.2. The van der Waals surface area contributed by atoms with Crippen LogP contribution in [0.25, 0.3) is 0 Å². The van der Waals surface area contributed by atoms with Crippen molar-refractivity contribution in [2.75, 3.05) is 11.1 Å². The molecule has 0 atom stereocenters. The molecule has 1 aromatic heterocycles. The second-order valence-electron chi connectivity index (χ2n) is 6.23. The number of aromatic nitrogens is 2. The molecule has 0 saturated carbocycles. The molecule has 0 spiro atoms. The molecule has 0 aliphatic heterocycles. The van der Waals surface area contributed by atoms with Crippen molar-refractivity contribution in [3.05, 3.63) is 75.1 Å². The summed E-state index contributed by atoms with van der Waals surface area (Å²) in [6.45, 7) is 1.97. The molecule has 2 aromatic carbocycles. The zero-order valence-electron chi connectivity index (χ0n) is 15.9. The average molecular weight is 508 g/mol. The Bertz CT molecular complexity index is 1210. The lowest BCUT2D eigenvalue weighted by Gasteiger charge is -2.07. The van der Waals surface area contributed by atoms with E-state index in [9.17, 15) is 18.0 Å². The van der Waals surface area contributed by atoms with Gasteiger partial charge in [-0.25, -0.2) is 13.4 Å². The quantitative estimate of drug-likeness (QED) is 0.373. The van der Waals surface area contributed by atoms with Gasteiger partial charge in [0, 0.05) is 10.2 Å². The van der Waals surface area contributed by atoms with Crippen LogP contribution in [0.3, 0.4) is 0 Å². The summed E-state index contributed by atoms with van der Waals surface area (Å²) in [5, 5.41) is 2.88. The van der Waals surface area contributed by atoms with E-state index in [0.29, 0.717) is 5.69 Å². The number of H-pyrrole nitrogens is 1. The van der Waals surface area contributed by atoms with Gasteiger partial charge in [0.15, 0.2) is 10.1 Å². The van der Waals surface area contributed by atoms with Gasteiger partial charge in [-0.1, -0.05) is 46.7 Å². The van der Waals surface area contributed by atoms with Crippen LogP contribution in [0.4, 0.5) is 5.69 Å². The number of anilines is 1. The lowest BCUT2D eigenvalue weighted by molar-refractivity contribution is -0.113. The second-order valence-corrected chi connectivity index (χ2v) is 10.0. The Hall–Kier alpha value is -2.43. The van der Waals surface area contributed by atoms with Crippen molar-refractivity contribution in [1.82, 2.24) is 9.97 Å². The molecule has 30 heavy (non-hydrogen) atoms. The molecular weight excluding hydrogens is 490 g/mol. The van der Waals surface area contributed by atoms with E-state index in [1.54, 1.807) is 36.4 Å². The van der Waals surface area contributed by atoms with Crippen LogP contribution >= 0.6 is 27.7 Å². The number of hydrogen-bond acceptors (Lipinski definition) is 6. The Balaban J connectivity index is 1.69. The molecular formula is C20H18BrN3O4S2. The third kappa shape index (κ3) is 5.38. The van der Waals surface area contributed by atoms with E-state index >= 15 is 0 Å². The Morgan fingerprint density at radius 2 is 1.80 bits per heavy atom. The van der Waals surface area contributed by atoms with E-state index in [2.05, 4.69) is 31.2 Å². The van der Waals surface area contributed by atoms with Crippen molar-refractivity contribution in [1.29, 1.82) is 0 Å². The summed E-state index contributed by atoms with van der Waals surface area (Å²) >= 11 is 4.32. The maximum atomic E-state index is 12.7. The molecule has 0 bridgehead atoms. The van der Waals surface area contributed by atoms with Crippen LogP contribution in [-0.2, 0) is 21.1 Å². The van der Waals surface area contributed by atoms with Gasteiger partial charge in [-0.15, -0.1) is 0 Å². The molecule has 0 aliphatic rings. The number of aryl methyl sites for hydroxylation is 1. The van der Waals surface area contributed by atoms with Crippen LogP contribution in [0.5, 0.6) is 0 Å². The molecule has 0 radical (unpaired) electrons. The van der Waals surface area contributed by atoms with Gasteiger partial charge in [-0.3, -0.25) is 9.59 Å². The first-order chi connectivity index (χ1) is 14.3. The summed E-state index contributed by atoms with van der Waals surface area (Å²) in [5.74, 6) is -0.276. The summed E-state index contributed by atoms with van der Waals surface area (Å²) in [7, 11) is -3.99. The highest BCUT2D eigenvalue weighted by Crippen LogP contribution is 2.20. The Kier molecular flexibility index (Phi) is 7.11. The highest BCUT2D eigenvalue weighted by molar-refractivity contribution is 9.10. The third-order valence-electron chi connectivity index (χ3n) is 4.14. The second kappa shape index (κ2) is 9.59. The molecule has 0 unspecified atom stereocenters. The van der Waals surface area contributed by atoms with Crippen molar-refractivity contribution >= 4 is 49.1 Å². The number of sulfone groups is 1. The molecule has 0 aliphatic carbocycles. The molecule has 10 heteroatoms. The molecule has 0 fully saturated rings. The first-order valence-electron chi connectivity index (χ1n) is 8.91. The Labute approximate surface area is 186 Å². The van der Waals surface area contributed by atoms with Crippen LogP contribution in [0.2, 0.25) is 0 Å². The summed E-state index contributed by atoms with van der Waals surface area (Å²) in [6, 6.07) is 13.5. The fourth-order valence-electron chi connectivity index (χ4n) is 2.53. The van der Waals surface area contributed by atoms with Crippen molar-refractivity contribution in [3.63, 3.8) is 0 Å². The zero-order valence-corrected chi connectivity index (χ0v) is 19.1. The molecule has 3 aromatic rings. The van der Waals surface area contributed by atoms with Gasteiger partial charge in [0.1, 0.15) is 0 Å². The smallest absolute Gasteiger partial charge is 0.270 e. The number of carbonyl (C=O) groups is 1. The highest BCUT2D eigenvalue weighted by atomic mass is 79.9. The molecule has 3 rings (SSSR count). The normalized spacial score (nSPS) is 11.3. The Morgan fingerprint density at radius 3 is 2.40 bits per heavy atom. The van der Waals surface area contributed by atoms with Crippen molar-refractivity contribution in [3.8, 4) is 0 Å². The average Bonchev–Trinajstić information content (AvgIpc) is 2.74. The fourth-order valence-corrected chi connectivity index (χ4v) is 4.66. The van der Waals surface area contributed by atoms with Gasteiger partial charge in [0.2, 0.25) is 15.7 Å². The minimum Gasteiger partial charge on any atom is -0.325 e. The number of nitrogens with zero attached hydrogens (tertiary/aromatic N) is 1. The summed E-state index contributed by atoms with van der Waals surface area (Å²) < 4.78 is 26.3. The summed E-state index contributed by atoms with van der Waals surface area (Å²) in [5.41, 5.74) is 0.857. The first kappa shape index (κ1) is 22.3. The molecule has 1 amide bonds.